The number of nitrogens with one attached hydrogen (secondary N) is 1. The predicted molar refractivity (Wildman–Crippen MR) is 123 cm³/mol. The summed E-state index contributed by atoms with van der Waals surface area (Å²) < 4.78 is 10.9. The lowest BCUT2D eigenvalue weighted by Crippen LogP contribution is -2.27. The lowest BCUT2D eigenvalue weighted by atomic mass is 9.93. The van der Waals surface area contributed by atoms with Gasteiger partial charge in [-0.25, -0.2) is 4.79 Å². The number of rotatable bonds is 5. The van der Waals surface area contributed by atoms with Gasteiger partial charge >= 0.3 is 5.97 Å². The molecule has 0 radical (unpaired) electrons. The van der Waals surface area contributed by atoms with E-state index in [1.165, 1.54) is 0 Å². The Morgan fingerprint density at radius 2 is 1.75 bits per heavy atom. The number of carbonyl (C=O) groups excluding carboxylic acids is 1. The SMILES string of the molecule is Cc1cc(C(=O)O)cc(-c2cc(NC(=O)C3(c4ccc5c(c4)OCO5)CC3)ccc2C)c1.[HH]. The third-order valence-electron chi connectivity index (χ3n) is 6.24. The van der Waals surface area contributed by atoms with Gasteiger partial charge in [0.15, 0.2) is 11.5 Å². The van der Waals surface area contributed by atoms with Crippen LogP contribution in [0.15, 0.2) is 54.6 Å². The number of hydrogen-bond acceptors (Lipinski definition) is 4. The van der Waals surface area contributed by atoms with E-state index in [9.17, 15) is 14.7 Å². The Hall–Kier alpha value is -3.80. The van der Waals surface area contributed by atoms with Gasteiger partial charge in [0.1, 0.15) is 0 Å². The Bertz CT molecular complexity index is 1270. The van der Waals surface area contributed by atoms with Crippen LogP contribution in [0.3, 0.4) is 0 Å². The number of aryl methyl sites for hydroxylation is 2. The average molecular weight is 431 g/mol. The Morgan fingerprint density at radius 1 is 0.969 bits per heavy atom. The number of carbonyl (C=O) groups is 2. The molecule has 3 aromatic rings. The van der Waals surface area contributed by atoms with E-state index in [1.54, 1.807) is 12.1 Å². The molecule has 2 N–H and O–H groups in total. The number of benzene rings is 3. The Balaban J connectivity index is 0.00000259. The average Bonchev–Trinajstić information content (AvgIpc) is 3.45. The van der Waals surface area contributed by atoms with Crippen LogP contribution >= 0.6 is 0 Å². The zero-order valence-corrected chi connectivity index (χ0v) is 17.9. The van der Waals surface area contributed by atoms with Crippen LogP contribution in [0.2, 0.25) is 0 Å². The van der Waals surface area contributed by atoms with Crippen molar-refractivity contribution >= 4 is 17.6 Å². The first-order valence-corrected chi connectivity index (χ1v) is 10.5. The van der Waals surface area contributed by atoms with E-state index >= 15 is 0 Å². The highest BCUT2D eigenvalue weighted by Gasteiger charge is 2.51. The van der Waals surface area contributed by atoms with Gasteiger partial charge in [0.05, 0.1) is 11.0 Å². The molecule has 3 aromatic carbocycles. The molecule has 32 heavy (non-hydrogen) atoms. The Labute approximate surface area is 187 Å². The molecule has 1 saturated carbocycles. The van der Waals surface area contributed by atoms with E-state index in [1.807, 2.05) is 56.3 Å². The fourth-order valence-electron chi connectivity index (χ4n) is 4.29. The highest BCUT2D eigenvalue weighted by molar-refractivity contribution is 6.02. The van der Waals surface area contributed by atoms with Crippen molar-refractivity contribution in [3.8, 4) is 22.6 Å². The molecular formula is C26H25NO5. The van der Waals surface area contributed by atoms with E-state index < -0.39 is 11.4 Å². The molecule has 5 rings (SSSR count). The predicted octanol–water partition coefficient (Wildman–Crippen LogP) is 5.31. The molecule has 0 spiro atoms. The molecule has 0 unspecified atom stereocenters. The standard InChI is InChI=1S/C26H23NO5.H2/c1-15-9-17(11-18(10-15)24(28)29)21-13-20(5-3-16(21)2)27-25(30)26(7-8-26)19-4-6-22-23(12-19)32-14-31-22;/h3-6,9-13H,7-8,14H2,1-2H3,(H,27,30)(H,28,29);1H. The zero-order chi connectivity index (χ0) is 22.5. The van der Waals surface area contributed by atoms with Crippen LogP contribution in [0.1, 0.15) is 41.3 Å². The molecule has 1 aliphatic carbocycles. The summed E-state index contributed by atoms with van der Waals surface area (Å²) in [4.78, 5) is 24.7. The molecule has 0 bridgehead atoms. The van der Waals surface area contributed by atoms with E-state index in [2.05, 4.69) is 5.32 Å². The molecular weight excluding hydrogens is 406 g/mol. The molecule has 0 saturated heterocycles. The summed E-state index contributed by atoms with van der Waals surface area (Å²) in [5, 5.41) is 12.5. The smallest absolute Gasteiger partial charge is 0.335 e. The van der Waals surface area contributed by atoms with E-state index in [0.717, 1.165) is 40.7 Å². The third kappa shape index (κ3) is 3.47. The summed E-state index contributed by atoms with van der Waals surface area (Å²) in [6.45, 7) is 4.05. The van der Waals surface area contributed by atoms with Gasteiger partial charge in [0.25, 0.3) is 0 Å². The fraction of sp³-hybridized carbons (Fsp3) is 0.231. The normalized spacial score (nSPS) is 15.3. The number of hydrogen-bond donors (Lipinski definition) is 2. The molecule has 1 amide bonds. The summed E-state index contributed by atoms with van der Waals surface area (Å²) in [7, 11) is 0. The van der Waals surface area contributed by atoms with Crippen molar-refractivity contribution in [1.29, 1.82) is 0 Å². The minimum atomic E-state index is -0.962. The second-order valence-electron chi connectivity index (χ2n) is 8.53. The van der Waals surface area contributed by atoms with E-state index in [-0.39, 0.29) is 19.7 Å². The van der Waals surface area contributed by atoms with Gasteiger partial charge in [-0.1, -0.05) is 18.2 Å². The van der Waals surface area contributed by atoms with Gasteiger partial charge in [-0.15, -0.1) is 0 Å². The molecule has 2 aliphatic rings. The highest BCUT2D eigenvalue weighted by atomic mass is 16.7. The topological polar surface area (TPSA) is 84.9 Å². The van der Waals surface area contributed by atoms with Crippen LogP contribution in [-0.2, 0) is 10.2 Å². The summed E-state index contributed by atoms with van der Waals surface area (Å²) in [6, 6.07) is 16.7. The van der Waals surface area contributed by atoms with Gasteiger partial charge in [-0.05, 0) is 90.9 Å². The summed E-state index contributed by atoms with van der Waals surface area (Å²) in [5.74, 6) is 0.359. The van der Waals surface area contributed by atoms with Gasteiger partial charge < -0.3 is 19.9 Å². The van der Waals surface area contributed by atoms with Crippen molar-refractivity contribution in [2.75, 3.05) is 12.1 Å². The van der Waals surface area contributed by atoms with Crippen molar-refractivity contribution in [2.24, 2.45) is 0 Å². The number of fused-ring (bicyclic) bond motifs is 1. The number of aromatic carboxylic acids is 1. The zero-order valence-electron chi connectivity index (χ0n) is 17.9. The second-order valence-corrected chi connectivity index (χ2v) is 8.53. The maximum atomic E-state index is 13.3. The molecule has 6 heteroatoms. The molecule has 1 heterocycles. The van der Waals surface area contributed by atoms with Crippen LogP contribution in [0.4, 0.5) is 5.69 Å². The summed E-state index contributed by atoms with van der Waals surface area (Å²) in [6.07, 6.45) is 1.55. The van der Waals surface area contributed by atoms with Gasteiger partial charge in [0.2, 0.25) is 12.7 Å². The van der Waals surface area contributed by atoms with Gasteiger partial charge in [-0.3, -0.25) is 4.79 Å². The van der Waals surface area contributed by atoms with Crippen molar-refractivity contribution in [2.45, 2.75) is 32.1 Å². The van der Waals surface area contributed by atoms with Crippen molar-refractivity contribution < 1.29 is 25.6 Å². The maximum Gasteiger partial charge on any atom is 0.335 e. The molecule has 1 fully saturated rings. The van der Waals surface area contributed by atoms with Gasteiger partial charge in [0, 0.05) is 7.11 Å². The molecule has 6 nitrogen and oxygen atoms in total. The number of carboxylic acids is 1. The lowest BCUT2D eigenvalue weighted by molar-refractivity contribution is -0.118. The minimum absolute atomic E-state index is 0. The van der Waals surface area contributed by atoms with Crippen molar-refractivity contribution in [1.82, 2.24) is 0 Å². The van der Waals surface area contributed by atoms with Gasteiger partial charge in [-0.2, -0.15) is 0 Å². The van der Waals surface area contributed by atoms with Crippen LogP contribution in [0, 0.1) is 13.8 Å². The maximum absolute atomic E-state index is 13.3. The number of anilines is 1. The van der Waals surface area contributed by atoms with Crippen LogP contribution in [0.25, 0.3) is 11.1 Å². The van der Waals surface area contributed by atoms with Crippen LogP contribution in [-0.4, -0.2) is 23.8 Å². The minimum Gasteiger partial charge on any atom is -0.478 e. The number of carboxylic acid groups (broad SMARTS) is 1. The summed E-state index contributed by atoms with van der Waals surface area (Å²) >= 11 is 0. The summed E-state index contributed by atoms with van der Waals surface area (Å²) in [5.41, 5.74) is 4.86. The van der Waals surface area contributed by atoms with E-state index in [0.29, 0.717) is 17.2 Å². The molecule has 0 atom stereocenters. The molecule has 1 aliphatic heterocycles. The number of ether oxygens (including phenoxy) is 2. The largest absolute Gasteiger partial charge is 0.478 e. The first kappa shape index (κ1) is 20.1. The molecule has 0 aromatic heterocycles. The molecule has 164 valence electrons. The number of amides is 1. The highest BCUT2D eigenvalue weighted by Crippen LogP contribution is 2.51. The first-order valence-electron chi connectivity index (χ1n) is 10.5. The monoisotopic (exact) mass is 431 g/mol. The lowest BCUT2D eigenvalue weighted by Gasteiger charge is -2.17. The third-order valence-corrected chi connectivity index (χ3v) is 6.24. The first-order chi connectivity index (χ1) is 15.4. The second kappa shape index (κ2) is 7.41. The Morgan fingerprint density at radius 3 is 2.50 bits per heavy atom. The van der Waals surface area contributed by atoms with E-state index in [4.69, 9.17) is 9.47 Å². The fourth-order valence-corrected chi connectivity index (χ4v) is 4.29. The van der Waals surface area contributed by atoms with Crippen molar-refractivity contribution in [3.63, 3.8) is 0 Å². The van der Waals surface area contributed by atoms with Crippen LogP contribution < -0.4 is 14.8 Å². The van der Waals surface area contributed by atoms with Crippen LogP contribution in [0.5, 0.6) is 11.5 Å². The Kier molecular flexibility index (Phi) is 4.66. The quantitative estimate of drug-likeness (QED) is 0.572. The van der Waals surface area contributed by atoms with Crippen molar-refractivity contribution in [3.05, 3.63) is 76.9 Å².